The van der Waals surface area contributed by atoms with E-state index in [9.17, 15) is 18.0 Å². The highest BCUT2D eigenvalue weighted by molar-refractivity contribution is 5.94. The maximum absolute atomic E-state index is 13.1. The summed E-state index contributed by atoms with van der Waals surface area (Å²) >= 11 is 0. The van der Waals surface area contributed by atoms with E-state index in [0.717, 1.165) is 6.07 Å². The van der Waals surface area contributed by atoms with Gasteiger partial charge in [0.15, 0.2) is 0 Å². The number of alkyl halides is 3. The number of benzene rings is 1. The standard InChI is InChI=1S/C17H18F3N3O/c1-3-23(16(24)14-8-9-21-22-11-14)12(2)10-13-6-4-5-7-15(13)17(18,19)20/h4-9,11-12H,3,10H2,1-2H3/t12-/m0/s1. The van der Waals surface area contributed by atoms with E-state index in [2.05, 4.69) is 10.2 Å². The molecule has 0 aliphatic rings. The average molecular weight is 337 g/mol. The molecule has 0 N–H and O–H groups in total. The minimum Gasteiger partial charge on any atom is -0.336 e. The zero-order chi connectivity index (χ0) is 17.7. The van der Waals surface area contributed by atoms with Crippen LogP contribution in [0, 0.1) is 0 Å². The molecule has 1 heterocycles. The number of halogens is 3. The van der Waals surface area contributed by atoms with Crippen LogP contribution >= 0.6 is 0 Å². The summed E-state index contributed by atoms with van der Waals surface area (Å²) in [5.41, 5.74) is -0.120. The summed E-state index contributed by atoms with van der Waals surface area (Å²) in [6, 6.07) is 6.59. The minimum atomic E-state index is -4.41. The number of nitrogens with zero attached hydrogens (tertiary/aromatic N) is 3. The van der Waals surface area contributed by atoms with Crippen molar-refractivity contribution in [1.29, 1.82) is 0 Å². The molecule has 0 spiro atoms. The number of hydrogen-bond acceptors (Lipinski definition) is 3. The van der Waals surface area contributed by atoms with Crippen LogP contribution in [-0.4, -0.2) is 33.6 Å². The molecule has 2 aromatic rings. The fraction of sp³-hybridized carbons (Fsp3) is 0.353. The van der Waals surface area contributed by atoms with Crippen molar-refractivity contribution in [2.45, 2.75) is 32.5 Å². The Balaban J connectivity index is 2.22. The highest BCUT2D eigenvalue weighted by Gasteiger charge is 2.33. The number of aromatic nitrogens is 2. The zero-order valence-electron chi connectivity index (χ0n) is 13.4. The minimum absolute atomic E-state index is 0.119. The van der Waals surface area contributed by atoms with Gasteiger partial charge in [-0.3, -0.25) is 4.79 Å². The second kappa shape index (κ2) is 7.42. The van der Waals surface area contributed by atoms with Crippen LogP contribution in [0.1, 0.15) is 35.3 Å². The lowest BCUT2D eigenvalue weighted by molar-refractivity contribution is -0.138. The molecule has 0 aliphatic heterocycles. The van der Waals surface area contributed by atoms with Crippen LogP contribution in [0.5, 0.6) is 0 Å². The van der Waals surface area contributed by atoms with Crippen molar-refractivity contribution < 1.29 is 18.0 Å². The predicted octanol–water partition coefficient (Wildman–Crippen LogP) is 3.59. The maximum atomic E-state index is 13.1. The van der Waals surface area contributed by atoms with Gasteiger partial charge in [0.05, 0.1) is 23.5 Å². The molecule has 24 heavy (non-hydrogen) atoms. The largest absolute Gasteiger partial charge is 0.416 e. The molecule has 2 rings (SSSR count). The highest BCUT2D eigenvalue weighted by atomic mass is 19.4. The normalized spacial score (nSPS) is 12.7. The first-order valence-electron chi connectivity index (χ1n) is 7.57. The third-order valence-corrected chi connectivity index (χ3v) is 3.80. The van der Waals surface area contributed by atoms with Crippen LogP contribution < -0.4 is 0 Å². The SMILES string of the molecule is CCN(C(=O)c1ccnnc1)[C@@H](C)Cc1ccccc1C(F)(F)F. The summed E-state index contributed by atoms with van der Waals surface area (Å²) in [4.78, 5) is 14.1. The van der Waals surface area contributed by atoms with Gasteiger partial charge in [0.25, 0.3) is 5.91 Å². The summed E-state index contributed by atoms with van der Waals surface area (Å²) in [7, 11) is 0. The Morgan fingerprint density at radius 3 is 2.50 bits per heavy atom. The van der Waals surface area contributed by atoms with E-state index in [-0.39, 0.29) is 23.9 Å². The van der Waals surface area contributed by atoms with Gasteiger partial charge in [-0.15, -0.1) is 0 Å². The fourth-order valence-corrected chi connectivity index (χ4v) is 2.64. The van der Waals surface area contributed by atoms with E-state index in [0.29, 0.717) is 12.1 Å². The van der Waals surface area contributed by atoms with Gasteiger partial charge in [0, 0.05) is 12.6 Å². The van der Waals surface area contributed by atoms with Gasteiger partial charge in [0.1, 0.15) is 0 Å². The lowest BCUT2D eigenvalue weighted by Crippen LogP contribution is -2.40. The van der Waals surface area contributed by atoms with Crippen LogP contribution in [0.3, 0.4) is 0 Å². The summed E-state index contributed by atoms with van der Waals surface area (Å²) in [6.07, 6.45) is -1.54. The van der Waals surface area contributed by atoms with E-state index in [1.54, 1.807) is 19.9 Å². The van der Waals surface area contributed by atoms with E-state index >= 15 is 0 Å². The molecule has 0 saturated carbocycles. The van der Waals surface area contributed by atoms with Crippen LogP contribution in [-0.2, 0) is 12.6 Å². The topological polar surface area (TPSA) is 46.1 Å². The smallest absolute Gasteiger partial charge is 0.336 e. The number of carbonyl (C=O) groups excluding carboxylic acids is 1. The van der Waals surface area contributed by atoms with Crippen LogP contribution in [0.15, 0.2) is 42.7 Å². The maximum Gasteiger partial charge on any atom is 0.416 e. The summed E-state index contributed by atoms with van der Waals surface area (Å²) in [6.45, 7) is 3.92. The molecule has 7 heteroatoms. The fourth-order valence-electron chi connectivity index (χ4n) is 2.64. The predicted molar refractivity (Wildman–Crippen MR) is 83.4 cm³/mol. The molecule has 4 nitrogen and oxygen atoms in total. The molecule has 0 aliphatic carbocycles. The highest BCUT2D eigenvalue weighted by Crippen LogP contribution is 2.32. The number of carbonyl (C=O) groups is 1. The molecular weight excluding hydrogens is 319 g/mol. The Hall–Kier alpha value is -2.44. The van der Waals surface area contributed by atoms with Crippen LogP contribution in [0.25, 0.3) is 0 Å². The monoisotopic (exact) mass is 337 g/mol. The molecular formula is C17H18F3N3O. The first kappa shape index (κ1) is 17.9. The van der Waals surface area contributed by atoms with Crippen molar-refractivity contribution in [1.82, 2.24) is 15.1 Å². The number of amides is 1. The number of hydrogen-bond donors (Lipinski definition) is 0. The Labute approximate surface area is 138 Å². The lowest BCUT2D eigenvalue weighted by Gasteiger charge is -2.29. The Kier molecular flexibility index (Phi) is 5.54. The van der Waals surface area contributed by atoms with E-state index in [1.165, 1.54) is 35.5 Å². The summed E-state index contributed by atoms with van der Waals surface area (Å²) in [5.74, 6) is -0.274. The molecule has 128 valence electrons. The number of likely N-dealkylation sites (N-methyl/N-ethyl adjacent to an activating group) is 1. The van der Waals surface area contributed by atoms with Gasteiger partial charge in [0.2, 0.25) is 0 Å². The molecule has 0 fully saturated rings. The second-order valence-corrected chi connectivity index (χ2v) is 5.43. The first-order chi connectivity index (χ1) is 11.3. The van der Waals surface area contributed by atoms with Gasteiger partial charge < -0.3 is 4.90 Å². The molecule has 1 amide bonds. The van der Waals surface area contributed by atoms with Crippen molar-refractivity contribution in [3.05, 3.63) is 59.4 Å². The van der Waals surface area contributed by atoms with E-state index in [4.69, 9.17) is 0 Å². The Morgan fingerprint density at radius 1 is 1.21 bits per heavy atom. The molecule has 1 atom stereocenters. The number of rotatable bonds is 5. The third-order valence-electron chi connectivity index (χ3n) is 3.80. The van der Waals surface area contributed by atoms with Crippen molar-refractivity contribution in [2.75, 3.05) is 6.54 Å². The van der Waals surface area contributed by atoms with E-state index in [1.807, 2.05) is 0 Å². The van der Waals surface area contributed by atoms with Gasteiger partial charge in [-0.05, 0) is 38.0 Å². The van der Waals surface area contributed by atoms with Crippen molar-refractivity contribution in [3.63, 3.8) is 0 Å². The quantitative estimate of drug-likeness (QED) is 0.838. The lowest BCUT2D eigenvalue weighted by atomic mass is 9.99. The molecule has 0 saturated heterocycles. The van der Waals surface area contributed by atoms with Gasteiger partial charge in [-0.1, -0.05) is 18.2 Å². The first-order valence-corrected chi connectivity index (χ1v) is 7.57. The van der Waals surface area contributed by atoms with Crippen molar-refractivity contribution in [3.8, 4) is 0 Å². The summed E-state index contributed by atoms with van der Waals surface area (Å²) < 4.78 is 39.3. The molecule has 0 unspecified atom stereocenters. The van der Waals surface area contributed by atoms with Gasteiger partial charge in [-0.25, -0.2) is 0 Å². The summed E-state index contributed by atoms with van der Waals surface area (Å²) in [5, 5.41) is 7.28. The average Bonchev–Trinajstić information content (AvgIpc) is 2.55. The molecule has 1 aromatic heterocycles. The van der Waals surface area contributed by atoms with Crippen molar-refractivity contribution >= 4 is 5.91 Å². The van der Waals surface area contributed by atoms with Crippen molar-refractivity contribution in [2.24, 2.45) is 0 Å². The Morgan fingerprint density at radius 2 is 1.92 bits per heavy atom. The molecule has 0 radical (unpaired) electrons. The van der Waals surface area contributed by atoms with E-state index < -0.39 is 11.7 Å². The van der Waals surface area contributed by atoms with Gasteiger partial charge >= 0.3 is 6.18 Å². The third kappa shape index (κ3) is 4.10. The zero-order valence-corrected chi connectivity index (χ0v) is 13.4. The van der Waals surface area contributed by atoms with Crippen LogP contribution in [0.4, 0.5) is 13.2 Å². The molecule has 1 aromatic carbocycles. The molecule has 0 bridgehead atoms. The van der Waals surface area contributed by atoms with Gasteiger partial charge in [-0.2, -0.15) is 23.4 Å². The van der Waals surface area contributed by atoms with Crippen LogP contribution in [0.2, 0.25) is 0 Å². The second-order valence-electron chi connectivity index (χ2n) is 5.43. The Bertz CT molecular complexity index is 689.